The third-order valence-corrected chi connectivity index (χ3v) is 2.49. The molecule has 3 nitrogen and oxygen atoms in total. The number of rotatable bonds is 4. The van der Waals surface area contributed by atoms with Crippen molar-refractivity contribution in [3.63, 3.8) is 0 Å². The number of methoxy groups -OCH3 is 1. The molecular formula is C13H11F3N2O. The molecule has 0 unspecified atom stereocenters. The molecule has 0 spiro atoms. The first-order valence-electron chi connectivity index (χ1n) is 5.48. The van der Waals surface area contributed by atoms with Crippen LogP contribution in [0.3, 0.4) is 0 Å². The van der Waals surface area contributed by atoms with E-state index in [1.807, 2.05) is 0 Å². The maximum Gasteiger partial charge on any atom is 0.237 e. The van der Waals surface area contributed by atoms with Gasteiger partial charge >= 0.3 is 0 Å². The molecule has 2 aromatic rings. The number of hydrogen-bond donors (Lipinski definition) is 1. The summed E-state index contributed by atoms with van der Waals surface area (Å²) in [5.41, 5.74) is 0.859. The molecule has 1 aromatic heterocycles. The Kier molecular flexibility index (Phi) is 3.89. The number of hydrogen-bond acceptors (Lipinski definition) is 3. The van der Waals surface area contributed by atoms with Crippen molar-refractivity contribution >= 4 is 5.69 Å². The Hall–Kier alpha value is -2.24. The van der Waals surface area contributed by atoms with E-state index >= 15 is 0 Å². The van der Waals surface area contributed by atoms with Crippen LogP contribution in [-0.4, -0.2) is 12.1 Å². The minimum atomic E-state index is -1.47. The normalized spacial score (nSPS) is 10.3. The minimum Gasteiger partial charge on any atom is -0.480 e. The molecule has 0 radical (unpaired) electrons. The first-order valence-corrected chi connectivity index (χ1v) is 5.48. The number of benzene rings is 1. The molecule has 0 aliphatic rings. The monoisotopic (exact) mass is 268 g/mol. The molecule has 1 aromatic carbocycles. The summed E-state index contributed by atoms with van der Waals surface area (Å²) in [6.45, 7) is 0.121. The Labute approximate surface area is 108 Å². The van der Waals surface area contributed by atoms with Crippen molar-refractivity contribution in [1.29, 1.82) is 0 Å². The standard InChI is InChI=1S/C13H11F3N2O/c1-19-13-11(3-2-4-17-13)18-7-8-5-9(14)12(16)10(15)6-8/h2-6,18H,7H2,1H3. The van der Waals surface area contributed by atoms with Crippen LogP contribution in [0.15, 0.2) is 30.5 Å². The second kappa shape index (κ2) is 5.60. The number of halogens is 3. The van der Waals surface area contributed by atoms with Crippen molar-refractivity contribution in [2.75, 3.05) is 12.4 Å². The van der Waals surface area contributed by atoms with Gasteiger partial charge in [0.2, 0.25) is 5.88 Å². The molecule has 1 N–H and O–H groups in total. The van der Waals surface area contributed by atoms with E-state index in [9.17, 15) is 13.2 Å². The summed E-state index contributed by atoms with van der Waals surface area (Å²) in [5.74, 6) is -3.53. The van der Waals surface area contributed by atoms with Gasteiger partial charge in [-0.2, -0.15) is 0 Å². The zero-order valence-corrected chi connectivity index (χ0v) is 10.1. The summed E-state index contributed by atoms with van der Waals surface area (Å²) in [7, 11) is 1.46. The van der Waals surface area contributed by atoms with E-state index in [4.69, 9.17) is 4.74 Å². The van der Waals surface area contributed by atoms with E-state index in [0.717, 1.165) is 12.1 Å². The first-order chi connectivity index (χ1) is 9.11. The van der Waals surface area contributed by atoms with Crippen LogP contribution in [0.2, 0.25) is 0 Å². The van der Waals surface area contributed by atoms with Crippen LogP contribution in [-0.2, 0) is 6.54 Å². The van der Waals surface area contributed by atoms with E-state index in [0.29, 0.717) is 11.6 Å². The molecule has 1 heterocycles. The number of pyridine rings is 1. The van der Waals surface area contributed by atoms with Crippen LogP contribution in [0.25, 0.3) is 0 Å². The summed E-state index contributed by atoms with van der Waals surface area (Å²) in [6.07, 6.45) is 1.56. The number of ether oxygens (including phenoxy) is 1. The van der Waals surface area contributed by atoms with Crippen LogP contribution in [0, 0.1) is 17.5 Å². The molecule has 6 heteroatoms. The smallest absolute Gasteiger partial charge is 0.237 e. The lowest BCUT2D eigenvalue weighted by atomic mass is 10.2. The highest BCUT2D eigenvalue weighted by atomic mass is 19.2. The fraction of sp³-hybridized carbons (Fsp3) is 0.154. The second-order valence-corrected chi connectivity index (χ2v) is 3.79. The fourth-order valence-electron chi connectivity index (χ4n) is 1.60. The van der Waals surface area contributed by atoms with Gasteiger partial charge in [0.15, 0.2) is 17.5 Å². The highest BCUT2D eigenvalue weighted by Crippen LogP contribution is 2.21. The Bertz CT molecular complexity index is 567. The van der Waals surface area contributed by atoms with Crippen LogP contribution in [0.5, 0.6) is 5.88 Å². The average Bonchev–Trinajstić information content (AvgIpc) is 2.42. The summed E-state index contributed by atoms with van der Waals surface area (Å²) in [6, 6.07) is 5.28. The van der Waals surface area contributed by atoms with Gasteiger partial charge in [-0.25, -0.2) is 18.2 Å². The van der Waals surface area contributed by atoms with E-state index in [1.165, 1.54) is 7.11 Å². The molecule has 0 amide bonds. The Morgan fingerprint density at radius 1 is 1.21 bits per heavy atom. The van der Waals surface area contributed by atoms with Gasteiger partial charge in [-0.3, -0.25) is 0 Å². The van der Waals surface area contributed by atoms with E-state index in [2.05, 4.69) is 10.3 Å². The number of anilines is 1. The topological polar surface area (TPSA) is 34.1 Å². The van der Waals surface area contributed by atoms with Crippen molar-refractivity contribution in [3.05, 3.63) is 53.5 Å². The summed E-state index contributed by atoms with van der Waals surface area (Å²) >= 11 is 0. The molecule has 0 saturated carbocycles. The van der Waals surface area contributed by atoms with Gasteiger partial charge in [0.25, 0.3) is 0 Å². The van der Waals surface area contributed by atoms with Crippen molar-refractivity contribution in [2.45, 2.75) is 6.54 Å². The highest BCUT2D eigenvalue weighted by Gasteiger charge is 2.11. The SMILES string of the molecule is COc1ncccc1NCc1cc(F)c(F)c(F)c1. The van der Waals surface area contributed by atoms with Crippen LogP contribution in [0.1, 0.15) is 5.56 Å². The van der Waals surface area contributed by atoms with Crippen LogP contribution < -0.4 is 10.1 Å². The molecule has 0 atom stereocenters. The quantitative estimate of drug-likeness (QED) is 0.865. The number of nitrogens with one attached hydrogen (secondary N) is 1. The molecule has 0 aliphatic heterocycles. The first kappa shape index (κ1) is 13.2. The molecule has 100 valence electrons. The molecule has 2 rings (SSSR count). The number of aromatic nitrogens is 1. The molecule has 0 saturated heterocycles. The average molecular weight is 268 g/mol. The summed E-state index contributed by atoms with van der Waals surface area (Å²) in [5, 5.41) is 2.91. The van der Waals surface area contributed by atoms with Crippen molar-refractivity contribution in [2.24, 2.45) is 0 Å². The summed E-state index contributed by atoms with van der Waals surface area (Å²) in [4.78, 5) is 3.97. The second-order valence-electron chi connectivity index (χ2n) is 3.79. The third kappa shape index (κ3) is 2.96. The van der Waals surface area contributed by atoms with Crippen LogP contribution in [0.4, 0.5) is 18.9 Å². The molecule has 0 aliphatic carbocycles. The predicted octanol–water partition coefficient (Wildman–Crippen LogP) is 3.12. The van der Waals surface area contributed by atoms with Gasteiger partial charge < -0.3 is 10.1 Å². The van der Waals surface area contributed by atoms with E-state index in [1.54, 1.807) is 18.3 Å². The lowest BCUT2D eigenvalue weighted by Gasteiger charge is -2.10. The van der Waals surface area contributed by atoms with Crippen LogP contribution >= 0.6 is 0 Å². The summed E-state index contributed by atoms with van der Waals surface area (Å²) < 4.78 is 43.9. The minimum absolute atomic E-state index is 0.121. The van der Waals surface area contributed by atoms with Gasteiger partial charge in [-0.15, -0.1) is 0 Å². The van der Waals surface area contributed by atoms with Crippen molar-refractivity contribution in [1.82, 2.24) is 4.98 Å². The lowest BCUT2D eigenvalue weighted by molar-refractivity contribution is 0.399. The molecule has 0 fully saturated rings. The van der Waals surface area contributed by atoms with Gasteiger partial charge in [0.1, 0.15) is 0 Å². The Balaban J connectivity index is 2.15. The third-order valence-electron chi connectivity index (χ3n) is 2.49. The van der Waals surface area contributed by atoms with Crippen molar-refractivity contribution < 1.29 is 17.9 Å². The van der Waals surface area contributed by atoms with Crippen molar-refractivity contribution in [3.8, 4) is 5.88 Å². The molecule has 19 heavy (non-hydrogen) atoms. The van der Waals surface area contributed by atoms with Gasteiger partial charge in [0.05, 0.1) is 12.8 Å². The maximum absolute atomic E-state index is 13.0. The molecule has 0 bridgehead atoms. The number of nitrogens with zero attached hydrogens (tertiary/aromatic N) is 1. The van der Waals surface area contributed by atoms with Gasteiger partial charge in [0, 0.05) is 12.7 Å². The fourth-order valence-corrected chi connectivity index (χ4v) is 1.60. The lowest BCUT2D eigenvalue weighted by Crippen LogP contribution is -2.04. The van der Waals surface area contributed by atoms with Gasteiger partial charge in [-0.05, 0) is 29.8 Å². The maximum atomic E-state index is 13.0. The van der Waals surface area contributed by atoms with E-state index < -0.39 is 17.5 Å². The zero-order chi connectivity index (χ0) is 13.8. The largest absolute Gasteiger partial charge is 0.480 e. The van der Waals surface area contributed by atoms with E-state index in [-0.39, 0.29) is 12.1 Å². The Morgan fingerprint density at radius 3 is 2.53 bits per heavy atom. The highest BCUT2D eigenvalue weighted by molar-refractivity contribution is 5.52. The zero-order valence-electron chi connectivity index (χ0n) is 10.1. The Morgan fingerprint density at radius 2 is 1.89 bits per heavy atom. The predicted molar refractivity (Wildman–Crippen MR) is 64.4 cm³/mol. The molecular weight excluding hydrogens is 257 g/mol. The van der Waals surface area contributed by atoms with Gasteiger partial charge in [-0.1, -0.05) is 0 Å².